The van der Waals surface area contributed by atoms with Gasteiger partial charge in [0.15, 0.2) is 6.29 Å². The molecule has 1 fully saturated rings. The van der Waals surface area contributed by atoms with E-state index < -0.39 is 0 Å². The molecule has 80 valence electrons. The Labute approximate surface area is 86.0 Å². The van der Waals surface area contributed by atoms with Crippen molar-refractivity contribution in [1.82, 2.24) is 0 Å². The number of nitriles is 1. The fourth-order valence-corrected chi connectivity index (χ4v) is 1.55. The van der Waals surface area contributed by atoms with E-state index in [1.807, 2.05) is 0 Å². The molecule has 1 rings (SSSR count). The monoisotopic (exact) mass is 197 g/mol. The molecule has 0 radical (unpaired) electrons. The summed E-state index contributed by atoms with van der Waals surface area (Å²) in [5.41, 5.74) is 0. The molecule has 0 spiro atoms. The Kier molecular flexibility index (Phi) is 6.38. The predicted octanol–water partition coefficient (Wildman–Crippen LogP) is 2.61. The van der Waals surface area contributed by atoms with E-state index in [2.05, 4.69) is 6.07 Å². The Hall–Kier alpha value is -0.590. The van der Waals surface area contributed by atoms with Gasteiger partial charge in [0.1, 0.15) is 0 Å². The van der Waals surface area contributed by atoms with Gasteiger partial charge in [-0.1, -0.05) is 12.8 Å². The van der Waals surface area contributed by atoms with E-state index in [0.29, 0.717) is 6.42 Å². The van der Waals surface area contributed by atoms with Gasteiger partial charge in [0.25, 0.3) is 0 Å². The van der Waals surface area contributed by atoms with Gasteiger partial charge in [-0.2, -0.15) is 5.26 Å². The molecule has 0 amide bonds. The highest BCUT2D eigenvalue weighted by Gasteiger charge is 2.14. The van der Waals surface area contributed by atoms with Crippen LogP contribution in [0, 0.1) is 11.3 Å². The summed E-state index contributed by atoms with van der Waals surface area (Å²) in [7, 11) is 0. The summed E-state index contributed by atoms with van der Waals surface area (Å²) in [4.78, 5) is 0. The van der Waals surface area contributed by atoms with Crippen LogP contribution in [0.1, 0.15) is 44.9 Å². The Bertz CT molecular complexity index is 171. The van der Waals surface area contributed by atoms with Crippen molar-refractivity contribution in [2.75, 3.05) is 13.2 Å². The fourth-order valence-electron chi connectivity index (χ4n) is 1.55. The standard InChI is InChI=1S/C11H19NO2/c12-8-4-2-1-3-5-9-13-11-7-6-10-14-11/h11H,1-7,9-10H2. The summed E-state index contributed by atoms with van der Waals surface area (Å²) in [5, 5.41) is 8.32. The molecule has 1 heterocycles. The predicted molar refractivity (Wildman–Crippen MR) is 53.6 cm³/mol. The summed E-state index contributed by atoms with van der Waals surface area (Å²) < 4.78 is 10.9. The zero-order valence-electron chi connectivity index (χ0n) is 8.71. The fraction of sp³-hybridized carbons (Fsp3) is 0.909. The van der Waals surface area contributed by atoms with Crippen molar-refractivity contribution in [3.63, 3.8) is 0 Å². The lowest BCUT2D eigenvalue weighted by atomic mass is 10.2. The van der Waals surface area contributed by atoms with Gasteiger partial charge in [-0.3, -0.25) is 0 Å². The second-order valence-corrected chi connectivity index (χ2v) is 3.64. The Morgan fingerprint density at radius 2 is 2.14 bits per heavy atom. The summed E-state index contributed by atoms with van der Waals surface area (Å²) in [5.74, 6) is 0. The van der Waals surface area contributed by atoms with Crippen LogP contribution in [0.25, 0.3) is 0 Å². The van der Waals surface area contributed by atoms with E-state index in [4.69, 9.17) is 14.7 Å². The minimum absolute atomic E-state index is 0.0640. The summed E-state index contributed by atoms with van der Waals surface area (Å²) in [6, 6.07) is 2.15. The molecular weight excluding hydrogens is 178 g/mol. The maximum Gasteiger partial charge on any atom is 0.157 e. The molecule has 0 aliphatic carbocycles. The van der Waals surface area contributed by atoms with Crippen LogP contribution in [0.4, 0.5) is 0 Å². The van der Waals surface area contributed by atoms with Crippen LogP contribution in [-0.4, -0.2) is 19.5 Å². The summed E-state index contributed by atoms with van der Waals surface area (Å²) in [6.45, 7) is 1.66. The first kappa shape index (κ1) is 11.5. The first-order valence-corrected chi connectivity index (χ1v) is 5.53. The lowest BCUT2D eigenvalue weighted by Crippen LogP contribution is -2.11. The first-order chi connectivity index (χ1) is 6.93. The Morgan fingerprint density at radius 3 is 2.86 bits per heavy atom. The van der Waals surface area contributed by atoms with Crippen molar-refractivity contribution in [1.29, 1.82) is 5.26 Å². The second kappa shape index (κ2) is 7.78. The van der Waals surface area contributed by atoms with Crippen molar-refractivity contribution in [3.05, 3.63) is 0 Å². The molecule has 3 heteroatoms. The van der Waals surface area contributed by atoms with Crippen LogP contribution in [0.2, 0.25) is 0 Å². The molecule has 0 saturated carbocycles. The third-order valence-corrected chi connectivity index (χ3v) is 2.37. The highest BCUT2D eigenvalue weighted by Crippen LogP contribution is 2.13. The molecule has 0 N–H and O–H groups in total. The highest BCUT2D eigenvalue weighted by molar-refractivity contribution is 4.67. The number of nitrogens with zero attached hydrogens (tertiary/aromatic N) is 1. The molecule has 0 aromatic rings. The van der Waals surface area contributed by atoms with E-state index in [-0.39, 0.29) is 6.29 Å². The van der Waals surface area contributed by atoms with E-state index in [0.717, 1.165) is 51.7 Å². The number of hydrogen-bond donors (Lipinski definition) is 0. The number of ether oxygens (including phenoxy) is 2. The van der Waals surface area contributed by atoms with Crippen molar-refractivity contribution < 1.29 is 9.47 Å². The van der Waals surface area contributed by atoms with Crippen LogP contribution in [0.5, 0.6) is 0 Å². The second-order valence-electron chi connectivity index (χ2n) is 3.64. The molecule has 1 aliphatic rings. The quantitative estimate of drug-likeness (QED) is 0.589. The van der Waals surface area contributed by atoms with Crippen molar-refractivity contribution >= 4 is 0 Å². The van der Waals surface area contributed by atoms with Crippen LogP contribution >= 0.6 is 0 Å². The molecule has 1 atom stereocenters. The normalized spacial score (nSPS) is 20.9. The van der Waals surface area contributed by atoms with Gasteiger partial charge < -0.3 is 9.47 Å². The van der Waals surface area contributed by atoms with Crippen LogP contribution < -0.4 is 0 Å². The first-order valence-electron chi connectivity index (χ1n) is 5.53. The maximum atomic E-state index is 8.32. The van der Waals surface area contributed by atoms with E-state index in [1.165, 1.54) is 0 Å². The van der Waals surface area contributed by atoms with Gasteiger partial charge in [-0.15, -0.1) is 0 Å². The highest BCUT2D eigenvalue weighted by atomic mass is 16.7. The number of hydrogen-bond acceptors (Lipinski definition) is 3. The SMILES string of the molecule is N#CCCCCCCOC1CCCO1. The van der Waals surface area contributed by atoms with Gasteiger partial charge in [0.05, 0.1) is 6.07 Å². The minimum atomic E-state index is 0.0640. The molecular formula is C11H19NO2. The van der Waals surface area contributed by atoms with Crippen LogP contribution in [0.3, 0.4) is 0 Å². The van der Waals surface area contributed by atoms with Gasteiger partial charge in [0, 0.05) is 26.1 Å². The van der Waals surface area contributed by atoms with Gasteiger partial charge in [0.2, 0.25) is 0 Å². The van der Waals surface area contributed by atoms with E-state index in [1.54, 1.807) is 0 Å². The molecule has 0 bridgehead atoms. The molecule has 1 saturated heterocycles. The molecule has 0 aromatic heterocycles. The van der Waals surface area contributed by atoms with E-state index >= 15 is 0 Å². The zero-order chi connectivity index (χ0) is 10.1. The third-order valence-electron chi connectivity index (χ3n) is 2.37. The maximum absolute atomic E-state index is 8.32. The lowest BCUT2D eigenvalue weighted by molar-refractivity contribution is -0.111. The van der Waals surface area contributed by atoms with Crippen LogP contribution in [-0.2, 0) is 9.47 Å². The summed E-state index contributed by atoms with van der Waals surface area (Å²) >= 11 is 0. The van der Waals surface area contributed by atoms with Gasteiger partial charge in [-0.25, -0.2) is 0 Å². The zero-order valence-corrected chi connectivity index (χ0v) is 8.71. The minimum Gasteiger partial charge on any atom is -0.353 e. The smallest absolute Gasteiger partial charge is 0.157 e. The Morgan fingerprint density at radius 1 is 1.29 bits per heavy atom. The van der Waals surface area contributed by atoms with Crippen LogP contribution in [0.15, 0.2) is 0 Å². The average molecular weight is 197 g/mol. The van der Waals surface area contributed by atoms with Crippen molar-refractivity contribution in [2.24, 2.45) is 0 Å². The molecule has 14 heavy (non-hydrogen) atoms. The third kappa shape index (κ3) is 5.21. The molecule has 1 unspecified atom stereocenters. The number of rotatable bonds is 7. The lowest BCUT2D eigenvalue weighted by Gasteiger charge is -2.10. The van der Waals surface area contributed by atoms with E-state index in [9.17, 15) is 0 Å². The number of unbranched alkanes of at least 4 members (excludes halogenated alkanes) is 4. The summed E-state index contributed by atoms with van der Waals surface area (Å²) in [6.07, 6.45) is 7.35. The van der Waals surface area contributed by atoms with Crippen molar-refractivity contribution in [3.8, 4) is 6.07 Å². The molecule has 3 nitrogen and oxygen atoms in total. The molecule has 0 aromatic carbocycles. The molecule has 1 aliphatic heterocycles. The largest absolute Gasteiger partial charge is 0.353 e. The van der Waals surface area contributed by atoms with Crippen molar-refractivity contribution in [2.45, 2.75) is 51.2 Å². The van der Waals surface area contributed by atoms with Gasteiger partial charge in [-0.05, 0) is 19.3 Å². The average Bonchev–Trinajstić information content (AvgIpc) is 2.69. The van der Waals surface area contributed by atoms with Gasteiger partial charge >= 0.3 is 0 Å². The topological polar surface area (TPSA) is 42.2 Å². The Balaban J connectivity index is 1.78.